The average molecular weight is 241 g/mol. The summed E-state index contributed by atoms with van der Waals surface area (Å²) in [4.78, 5) is 5.16. The Kier molecular flexibility index (Phi) is 6.45. The van der Waals surface area contributed by atoms with Crippen LogP contribution in [0.2, 0.25) is 0 Å². The highest BCUT2D eigenvalue weighted by Gasteiger charge is 2.26. The van der Waals surface area contributed by atoms with Gasteiger partial charge in [0.15, 0.2) is 0 Å². The van der Waals surface area contributed by atoms with Crippen LogP contribution in [-0.2, 0) is 0 Å². The molecule has 3 nitrogen and oxygen atoms in total. The fourth-order valence-corrected chi connectivity index (χ4v) is 2.87. The van der Waals surface area contributed by atoms with Crippen LogP contribution in [0.4, 0.5) is 0 Å². The molecule has 0 saturated carbocycles. The van der Waals surface area contributed by atoms with E-state index in [0.29, 0.717) is 12.1 Å². The van der Waals surface area contributed by atoms with E-state index >= 15 is 0 Å². The van der Waals surface area contributed by atoms with E-state index in [9.17, 15) is 0 Å². The van der Waals surface area contributed by atoms with Crippen molar-refractivity contribution in [2.24, 2.45) is 5.92 Å². The SMILES string of the molecule is CCNCC(C)C(C)N1CCCN(C)CC1C. The predicted molar refractivity (Wildman–Crippen MR) is 75.5 cm³/mol. The topological polar surface area (TPSA) is 18.5 Å². The number of nitrogens with zero attached hydrogens (tertiary/aromatic N) is 2. The van der Waals surface area contributed by atoms with Gasteiger partial charge in [0.2, 0.25) is 0 Å². The molecule has 0 spiro atoms. The summed E-state index contributed by atoms with van der Waals surface area (Å²) in [6.07, 6.45) is 1.30. The highest BCUT2D eigenvalue weighted by Crippen LogP contribution is 2.17. The van der Waals surface area contributed by atoms with Crippen LogP contribution in [0.25, 0.3) is 0 Å². The number of rotatable bonds is 5. The predicted octanol–water partition coefficient (Wildman–Crippen LogP) is 1.65. The molecular formula is C14H31N3. The summed E-state index contributed by atoms with van der Waals surface area (Å²) in [5, 5.41) is 3.47. The normalized spacial score (nSPS) is 27.7. The monoisotopic (exact) mass is 241 g/mol. The lowest BCUT2D eigenvalue weighted by Gasteiger charge is -2.37. The zero-order valence-corrected chi connectivity index (χ0v) is 12.4. The first kappa shape index (κ1) is 14.9. The van der Waals surface area contributed by atoms with E-state index in [-0.39, 0.29) is 0 Å². The van der Waals surface area contributed by atoms with Crippen molar-refractivity contribution in [1.29, 1.82) is 0 Å². The van der Waals surface area contributed by atoms with Gasteiger partial charge in [-0.25, -0.2) is 0 Å². The number of nitrogens with one attached hydrogen (secondary N) is 1. The van der Waals surface area contributed by atoms with Crippen molar-refractivity contribution in [2.75, 3.05) is 39.8 Å². The molecule has 0 bridgehead atoms. The van der Waals surface area contributed by atoms with E-state index in [1.54, 1.807) is 0 Å². The molecule has 3 atom stereocenters. The minimum absolute atomic E-state index is 0.676. The van der Waals surface area contributed by atoms with Crippen molar-refractivity contribution < 1.29 is 0 Å². The summed E-state index contributed by atoms with van der Waals surface area (Å²) < 4.78 is 0. The Bertz CT molecular complexity index is 208. The largest absolute Gasteiger partial charge is 0.317 e. The summed E-state index contributed by atoms with van der Waals surface area (Å²) in [5.41, 5.74) is 0. The van der Waals surface area contributed by atoms with Crippen LogP contribution in [0, 0.1) is 5.92 Å². The summed E-state index contributed by atoms with van der Waals surface area (Å²) in [5.74, 6) is 0.723. The van der Waals surface area contributed by atoms with Crippen LogP contribution in [0.15, 0.2) is 0 Å². The quantitative estimate of drug-likeness (QED) is 0.789. The highest BCUT2D eigenvalue weighted by molar-refractivity contribution is 4.82. The van der Waals surface area contributed by atoms with Gasteiger partial charge in [-0.05, 0) is 59.4 Å². The van der Waals surface area contributed by atoms with E-state index in [4.69, 9.17) is 0 Å². The third kappa shape index (κ3) is 4.57. The van der Waals surface area contributed by atoms with E-state index in [1.807, 2.05) is 0 Å². The van der Waals surface area contributed by atoms with Gasteiger partial charge in [0.25, 0.3) is 0 Å². The first-order chi connectivity index (χ1) is 8.06. The minimum Gasteiger partial charge on any atom is -0.317 e. The second-order valence-electron chi connectivity index (χ2n) is 5.73. The number of likely N-dealkylation sites (N-methyl/N-ethyl adjacent to an activating group) is 1. The summed E-state index contributed by atoms with van der Waals surface area (Å²) in [6, 6.07) is 1.36. The third-order valence-corrected chi connectivity index (χ3v) is 4.16. The van der Waals surface area contributed by atoms with Crippen LogP contribution in [0.5, 0.6) is 0 Å². The minimum atomic E-state index is 0.676. The Hall–Kier alpha value is -0.120. The fraction of sp³-hybridized carbons (Fsp3) is 1.00. The van der Waals surface area contributed by atoms with Crippen molar-refractivity contribution in [3.63, 3.8) is 0 Å². The summed E-state index contributed by atoms with van der Waals surface area (Å²) in [6.45, 7) is 15.2. The molecule has 1 N–H and O–H groups in total. The van der Waals surface area contributed by atoms with Crippen molar-refractivity contribution >= 4 is 0 Å². The molecule has 1 saturated heterocycles. The Balaban J connectivity index is 2.50. The van der Waals surface area contributed by atoms with E-state index in [2.05, 4.69) is 49.9 Å². The molecule has 102 valence electrons. The zero-order valence-electron chi connectivity index (χ0n) is 12.4. The lowest BCUT2D eigenvalue weighted by atomic mass is 10.00. The van der Waals surface area contributed by atoms with Gasteiger partial charge in [0.1, 0.15) is 0 Å². The maximum absolute atomic E-state index is 3.47. The van der Waals surface area contributed by atoms with Crippen LogP contribution in [-0.4, -0.2) is 61.7 Å². The second kappa shape index (κ2) is 7.34. The molecule has 3 unspecified atom stereocenters. The first-order valence-corrected chi connectivity index (χ1v) is 7.21. The Morgan fingerprint density at radius 2 is 2.00 bits per heavy atom. The molecule has 1 heterocycles. The third-order valence-electron chi connectivity index (χ3n) is 4.16. The molecular weight excluding hydrogens is 210 g/mol. The molecule has 17 heavy (non-hydrogen) atoms. The lowest BCUT2D eigenvalue weighted by molar-refractivity contribution is 0.116. The standard InChI is InChI=1S/C14H31N3/c1-6-15-10-12(2)14(4)17-9-7-8-16(5)11-13(17)3/h12-15H,6-11H2,1-5H3. The highest BCUT2D eigenvalue weighted by atomic mass is 15.2. The maximum Gasteiger partial charge on any atom is 0.0197 e. The lowest BCUT2D eigenvalue weighted by Crippen LogP contribution is -2.47. The summed E-state index contributed by atoms with van der Waals surface area (Å²) in [7, 11) is 2.24. The van der Waals surface area contributed by atoms with Gasteiger partial charge in [-0.2, -0.15) is 0 Å². The van der Waals surface area contributed by atoms with Crippen molar-refractivity contribution in [1.82, 2.24) is 15.1 Å². The molecule has 1 aliphatic rings. The smallest absolute Gasteiger partial charge is 0.0197 e. The zero-order chi connectivity index (χ0) is 12.8. The molecule has 0 aromatic rings. The van der Waals surface area contributed by atoms with Crippen molar-refractivity contribution in [2.45, 2.75) is 46.2 Å². The Morgan fingerprint density at radius 3 is 2.65 bits per heavy atom. The maximum atomic E-state index is 3.47. The van der Waals surface area contributed by atoms with Gasteiger partial charge in [0, 0.05) is 18.6 Å². The average Bonchev–Trinajstić information content (AvgIpc) is 2.46. The van der Waals surface area contributed by atoms with Crippen molar-refractivity contribution in [3.8, 4) is 0 Å². The second-order valence-corrected chi connectivity index (χ2v) is 5.73. The van der Waals surface area contributed by atoms with Gasteiger partial charge in [-0.3, -0.25) is 4.90 Å². The molecule has 1 rings (SSSR count). The van der Waals surface area contributed by atoms with Crippen LogP contribution < -0.4 is 5.32 Å². The van der Waals surface area contributed by atoms with E-state index in [0.717, 1.165) is 19.0 Å². The van der Waals surface area contributed by atoms with Gasteiger partial charge in [-0.1, -0.05) is 13.8 Å². The van der Waals surface area contributed by atoms with Crippen LogP contribution in [0.1, 0.15) is 34.1 Å². The molecule has 0 radical (unpaired) electrons. The Labute approximate surface area is 108 Å². The van der Waals surface area contributed by atoms with Crippen LogP contribution in [0.3, 0.4) is 0 Å². The Morgan fingerprint density at radius 1 is 1.29 bits per heavy atom. The molecule has 0 aromatic heterocycles. The molecule has 3 heteroatoms. The summed E-state index contributed by atoms with van der Waals surface area (Å²) >= 11 is 0. The van der Waals surface area contributed by atoms with Crippen LogP contribution >= 0.6 is 0 Å². The molecule has 0 amide bonds. The molecule has 0 aromatic carbocycles. The number of hydrogen-bond donors (Lipinski definition) is 1. The van der Waals surface area contributed by atoms with E-state index in [1.165, 1.54) is 26.1 Å². The van der Waals surface area contributed by atoms with Crippen molar-refractivity contribution in [3.05, 3.63) is 0 Å². The van der Waals surface area contributed by atoms with Gasteiger partial charge in [0.05, 0.1) is 0 Å². The molecule has 1 fully saturated rings. The van der Waals surface area contributed by atoms with Gasteiger partial charge >= 0.3 is 0 Å². The first-order valence-electron chi connectivity index (χ1n) is 7.21. The molecule has 1 aliphatic heterocycles. The molecule has 0 aliphatic carbocycles. The number of hydrogen-bond acceptors (Lipinski definition) is 3. The van der Waals surface area contributed by atoms with Gasteiger partial charge < -0.3 is 10.2 Å². The fourth-order valence-electron chi connectivity index (χ4n) is 2.87. The van der Waals surface area contributed by atoms with Gasteiger partial charge in [-0.15, -0.1) is 0 Å². The van der Waals surface area contributed by atoms with E-state index < -0.39 is 0 Å².